The molecule has 0 radical (unpaired) electrons. The van der Waals surface area contributed by atoms with Gasteiger partial charge in [0.25, 0.3) is 5.91 Å². The van der Waals surface area contributed by atoms with E-state index in [0.717, 1.165) is 11.0 Å². The first kappa shape index (κ1) is 24.5. The molecule has 3 aliphatic heterocycles. The zero-order valence-electron chi connectivity index (χ0n) is 20.6. The number of aromatic nitrogens is 2. The Balaban J connectivity index is 1.72. The van der Waals surface area contributed by atoms with Gasteiger partial charge in [0, 0.05) is 46.3 Å². The van der Waals surface area contributed by atoms with Crippen molar-refractivity contribution in [3.8, 4) is 11.5 Å². The SMILES string of the molecule is CC(C)[C@@H]1/C=C/COc2cc(F)c(F)c3c2[C@H](c2ncccc2SC3)N2CN1C(=O)c1c(O)c(=O)ccn12. The largest absolute Gasteiger partial charge is 0.502 e. The number of nitrogens with zero attached hydrogens (tertiary/aromatic N) is 4. The zero-order valence-corrected chi connectivity index (χ0v) is 21.4. The molecule has 3 aliphatic rings. The topological polar surface area (TPSA) is 87.9 Å². The van der Waals surface area contributed by atoms with E-state index in [2.05, 4.69) is 4.98 Å². The Hall–Kier alpha value is -3.86. The molecule has 2 bridgehead atoms. The molecule has 0 aliphatic carbocycles. The number of hydrogen-bond acceptors (Lipinski definition) is 7. The molecule has 0 saturated carbocycles. The van der Waals surface area contributed by atoms with Crippen molar-refractivity contribution in [2.24, 2.45) is 5.92 Å². The van der Waals surface area contributed by atoms with Gasteiger partial charge in [-0.3, -0.25) is 24.3 Å². The third-order valence-electron chi connectivity index (χ3n) is 7.13. The second-order valence-corrected chi connectivity index (χ2v) is 10.7. The van der Waals surface area contributed by atoms with E-state index in [-0.39, 0.29) is 42.0 Å². The second-order valence-electron chi connectivity index (χ2n) is 9.69. The van der Waals surface area contributed by atoms with Gasteiger partial charge in [-0.05, 0) is 24.1 Å². The fraction of sp³-hybridized carbons (Fsp3) is 0.296. The van der Waals surface area contributed by atoms with Crippen LogP contribution >= 0.6 is 11.8 Å². The minimum absolute atomic E-state index is 0.0184. The standard InChI is InChI=1S/C27H24F2N4O4S/c1-14(2)17-5-4-10-37-19-11-16(28)22(29)15-12-38-20-6-3-8-30-23(20)24(21(15)19)33-13-31(17)27(36)25-26(35)18(34)7-9-32(25)33/h3-9,11,14,17,24,35H,10,12-13H2,1-2H3/b5-4+/t17-,24+/m0/s1. The maximum Gasteiger partial charge on any atom is 0.278 e. The van der Waals surface area contributed by atoms with E-state index in [1.165, 1.54) is 28.7 Å². The smallest absolute Gasteiger partial charge is 0.278 e. The molecule has 2 aromatic heterocycles. The van der Waals surface area contributed by atoms with Crippen molar-refractivity contribution in [2.75, 3.05) is 18.3 Å². The Morgan fingerprint density at radius 2 is 2.05 bits per heavy atom. The number of halogens is 2. The van der Waals surface area contributed by atoms with Crippen LogP contribution in [0, 0.1) is 17.6 Å². The summed E-state index contributed by atoms with van der Waals surface area (Å²) in [5, 5.41) is 12.6. The summed E-state index contributed by atoms with van der Waals surface area (Å²) in [7, 11) is 0. The van der Waals surface area contributed by atoms with Gasteiger partial charge in [0.1, 0.15) is 25.1 Å². The minimum Gasteiger partial charge on any atom is -0.502 e. The highest BCUT2D eigenvalue weighted by Crippen LogP contribution is 2.47. The van der Waals surface area contributed by atoms with E-state index < -0.39 is 40.8 Å². The van der Waals surface area contributed by atoms with Gasteiger partial charge in [-0.15, -0.1) is 11.8 Å². The van der Waals surface area contributed by atoms with Gasteiger partial charge in [0.05, 0.1) is 11.7 Å². The Kier molecular flexibility index (Phi) is 5.90. The molecule has 0 fully saturated rings. The van der Waals surface area contributed by atoms with Crippen molar-refractivity contribution >= 4 is 17.7 Å². The molecule has 11 heteroatoms. The monoisotopic (exact) mass is 538 g/mol. The third-order valence-corrected chi connectivity index (χ3v) is 8.22. The highest BCUT2D eigenvalue weighted by atomic mass is 32.2. The number of thioether (sulfide) groups is 1. The Morgan fingerprint density at radius 1 is 1.24 bits per heavy atom. The highest BCUT2D eigenvalue weighted by Gasteiger charge is 2.43. The second kappa shape index (κ2) is 9.16. The number of hydrogen-bond donors (Lipinski definition) is 1. The molecule has 0 spiro atoms. The fourth-order valence-corrected chi connectivity index (χ4v) is 6.41. The highest BCUT2D eigenvalue weighted by molar-refractivity contribution is 7.98. The van der Waals surface area contributed by atoms with Gasteiger partial charge in [-0.2, -0.15) is 0 Å². The molecule has 196 valence electrons. The van der Waals surface area contributed by atoms with Crippen molar-refractivity contribution in [3.05, 3.63) is 93.2 Å². The number of carbonyl (C=O) groups is 1. The first-order chi connectivity index (χ1) is 18.3. The molecule has 6 rings (SSSR count). The third kappa shape index (κ3) is 3.67. The van der Waals surface area contributed by atoms with Crippen molar-refractivity contribution in [1.29, 1.82) is 0 Å². The van der Waals surface area contributed by atoms with Crippen molar-refractivity contribution in [2.45, 2.75) is 36.6 Å². The predicted molar refractivity (Wildman–Crippen MR) is 137 cm³/mol. The van der Waals surface area contributed by atoms with Crippen LogP contribution in [0.1, 0.15) is 47.2 Å². The van der Waals surface area contributed by atoms with Gasteiger partial charge in [0.2, 0.25) is 5.43 Å². The number of benzene rings is 1. The number of fused-ring (bicyclic) bond motifs is 7. The van der Waals surface area contributed by atoms with Crippen molar-refractivity contribution < 1.29 is 23.4 Å². The summed E-state index contributed by atoms with van der Waals surface area (Å²) in [4.78, 5) is 33.2. The molecule has 38 heavy (non-hydrogen) atoms. The molecule has 0 saturated heterocycles. The fourth-order valence-electron chi connectivity index (χ4n) is 5.34. The van der Waals surface area contributed by atoms with Crippen LogP contribution in [0.25, 0.3) is 0 Å². The lowest BCUT2D eigenvalue weighted by atomic mass is 9.95. The van der Waals surface area contributed by atoms with Crippen LogP contribution < -0.4 is 15.2 Å². The van der Waals surface area contributed by atoms with E-state index in [9.17, 15) is 19.1 Å². The summed E-state index contributed by atoms with van der Waals surface area (Å²) in [6, 6.07) is 4.57. The lowest BCUT2D eigenvalue weighted by Crippen LogP contribution is -2.59. The van der Waals surface area contributed by atoms with Crippen LogP contribution in [-0.4, -0.2) is 44.9 Å². The Morgan fingerprint density at radius 3 is 2.84 bits per heavy atom. The first-order valence-corrected chi connectivity index (χ1v) is 13.2. The average Bonchev–Trinajstić information content (AvgIpc) is 3.08. The van der Waals surface area contributed by atoms with Crippen LogP contribution in [-0.2, 0) is 5.75 Å². The molecular weight excluding hydrogens is 514 g/mol. The number of amides is 1. The normalized spacial score (nSPS) is 21.0. The van der Waals surface area contributed by atoms with E-state index in [4.69, 9.17) is 4.74 Å². The molecule has 3 aromatic rings. The summed E-state index contributed by atoms with van der Waals surface area (Å²) in [5.41, 5.74) is 0.164. The summed E-state index contributed by atoms with van der Waals surface area (Å²) >= 11 is 1.33. The number of ether oxygens (including phenoxy) is 1. The van der Waals surface area contributed by atoms with Gasteiger partial charge in [-0.1, -0.05) is 19.9 Å². The van der Waals surface area contributed by atoms with Gasteiger partial charge in [-0.25, -0.2) is 8.78 Å². The van der Waals surface area contributed by atoms with Gasteiger partial charge >= 0.3 is 0 Å². The van der Waals surface area contributed by atoms with Gasteiger partial charge < -0.3 is 14.7 Å². The van der Waals surface area contributed by atoms with Crippen LogP contribution in [0.4, 0.5) is 8.78 Å². The Labute approximate surface area is 221 Å². The zero-order chi connectivity index (χ0) is 26.7. The minimum atomic E-state index is -1.02. The maximum atomic E-state index is 15.4. The summed E-state index contributed by atoms with van der Waals surface area (Å²) < 4.78 is 37.7. The molecule has 8 nitrogen and oxygen atoms in total. The van der Waals surface area contributed by atoms with Crippen LogP contribution in [0.5, 0.6) is 11.5 Å². The number of aromatic hydroxyl groups is 1. The van der Waals surface area contributed by atoms with Crippen molar-refractivity contribution in [3.63, 3.8) is 0 Å². The van der Waals surface area contributed by atoms with Crippen LogP contribution in [0.2, 0.25) is 0 Å². The lowest BCUT2D eigenvalue weighted by Gasteiger charge is -2.46. The lowest BCUT2D eigenvalue weighted by molar-refractivity contribution is 0.0587. The molecule has 5 heterocycles. The molecule has 1 aromatic carbocycles. The van der Waals surface area contributed by atoms with E-state index >= 15 is 4.39 Å². The molecule has 0 unspecified atom stereocenters. The van der Waals surface area contributed by atoms with E-state index in [1.807, 2.05) is 26.0 Å². The quantitative estimate of drug-likeness (QED) is 0.470. The maximum absolute atomic E-state index is 15.4. The van der Waals surface area contributed by atoms with Crippen LogP contribution in [0.3, 0.4) is 0 Å². The molecule has 1 amide bonds. The first-order valence-electron chi connectivity index (χ1n) is 12.2. The number of rotatable bonds is 1. The van der Waals surface area contributed by atoms with E-state index in [1.54, 1.807) is 28.2 Å². The summed E-state index contributed by atoms with van der Waals surface area (Å²) in [6.45, 7) is 3.99. The van der Waals surface area contributed by atoms with Crippen LogP contribution in [0.15, 0.2) is 58.5 Å². The summed E-state index contributed by atoms with van der Waals surface area (Å²) in [5.74, 6) is -2.94. The molecule has 1 N–H and O–H groups in total. The number of carbonyl (C=O) groups excluding carboxylic acids is 1. The van der Waals surface area contributed by atoms with Gasteiger partial charge in [0.15, 0.2) is 23.1 Å². The molecule has 2 atom stereocenters. The molecular formula is C27H24F2N4O4S. The predicted octanol–water partition coefficient (Wildman–Crippen LogP) is 3.95. The van der Waals surface area contributed by atoms with E-state index in [0.29, 0.717) is 11.3 Å². The van der Waals surface area contributed by atoms with Crippen molar-refractivity contribution in [1.82, 2.24) is 14.6 Å². The average molecular weight is 539 g/mol. The Bertz CT molecular complexity index is 1560. The number of pyridine rings is 2. The summed E-state index contributed by atoms with van der Waals surface area (Å²) in [6.07, 6.45) is 6.59.